The third-order valence-corrected chi connectivity index (χ3v) is 10.7. The number of hydrogen-bond acceptors (Lipinski definition) is 2. The average molecular weight is 982 g/mol. The van der Waals surface area contributed by atoms with Crippen molar-refractivity contribution in [2.45, 2.75) is 46.0 Å². The molecule has 0 saturated heterocycles. The second-order valence-electron chi connectivity index (χ2n) is 16.0. The van der Waals surface area contributed by atoms with Crippen LogP contribution in [0.2, 0.25) is 0 Å². The molecular formula is C55H44N4OPt-2. The number of para-hydroxylation sites is 4. The Hall–Kier alpha value is -6.55. The molecule has 10 aromatic rings. The van der Waals surface area contributed by atoms with Gasteiger partial charge in [0.1, 0.15) is 5.82 Å². The first-order valence-corrected chi connectivity index (χ1v) is 19.8. The molecule has 6 heteroatoms. The topological polar surface area (TPSA) is 35.9 Å². The zero-order valence-electron chi connectivity index (χ0n) is 44.0. The van der Waals surface area contributed by atoms with E-state index in [-0.39, 0.29) is 60.3 Å². The Morgan fingerprint density at radius 1 is 0.689 bits per heavy atom. The van der Waals surface area contributed by atoms with Gasteiger partial charge in [0.05, 0.1) is 30.4 Å². The summed E-state index contributed by atoms with van der Waals surface area (Å²) < 4.78 is 99.5. The van der Waals surface area contributed by atoms with Crippen LogP contribution < -0.4 is 9.30 Å². The van der Waals surface area contributed by atoms with Crippen molar-refractivity contribution in [3.05, 3.63) is 199 Å². The van der Waals surface area contributed by atoms with Crippen LogP contribution in [0.25, 0.3) is 72.3 Å². The summed E-state index contributed by atoms with van der Waals surface area (Å²) in [6.07, 6.45) is 5.30. The van der Waals surface area contributed by atoms with Crippen LogP contribution in [0.5, 0.6) is 11.5 Å². The summed E-state index contributed by atoms with van der Waals surface area (Å²) in [5.74, 6) is 1.62. The largest absolute Gasteiger partial charge is 0.510 e. The molecule has 302 valence electrons. The molecule has 0 N–H and O–H groups in total. The first kappa shape index (κ1) is 29.6. The number of aromatic nitrogens is 4. The number of nitrogens with zero attached hydrogens (tertiary/aromatic N) is 4. The second-order valence-corrected chi connectivity index (χ2v) is 16.0. The summed E-state index contributed by atoms with van der Waals surface area (Å²) in [4.78, 5) is 4.82. The summed E-state index contributed by atoms with van der Waals surface area (Å²) in [6, 6.07) is 34.1. The van der Waals surface area contributed by atoms with Crippen LogP contribution in [0.3, 0.4) is 0 Å². The quantitative estimate of drug-likeness (QED) is 0.112. The summed E-state index contributed by atoms with van der Waals surface area (Å²) in [7, 11) is 0. The van der Waals surface area contributed by atoms with Gasteiger partial charge in [-0.2, -0.15) is 17.7 Å². The molecule has 0 amide bonds. The fourth-order valence-electron chi connectivity index (χ4n) is 7.72. The van der Waals surface area contributed by atoms with Gasteiger partial charge in [-0.05, 0) is 68.4 Å². The maximum absolute atomic E-state index is 9.05. The molecule has 0 unspecified atom stereocenters. The standard InChI is InChI=1S/C55H44N4O.Pt/c1-37(2)40-31-42(34-44(32-40)60-43-27-28-48-47-21-12-13-24-49(47)59(52(48)35-43)53-33-41(29-30-56-53)55(3,4)5)57-36-58(51-26-15-14-25-50(51)57)54-45(38-17-8-6-9-18-38)22-16-23-46(54)39-19-10-7-11-20-39;/h6-33,37H,1-5H3;/q-2;/i6D,7D,8D,9D,10D,11D,17D,18D,19D,20D;. The number of pyridine rings is 1. The molecule has 3 heterocycles. The molecule has 0 fully saturated rings. The smallest absolute Gasteiger partial charge is 0.268 e. The molecule has 0 radical (unpaired) electrons. The van der Waals surface area contributed by atoms with Gasteiger partial charge in [-0.25, -0.2) is 4.98 Å². The van der Waals surface area contributed by atoms with Crippen molar-refractivity contribution in [2.24, 2.45) is 0 Å². The maximum Gasteiger partial charge on any atom is 0.268 e. The molecule has 10 rings (SSSR count). The van der Waals surface area contributed by atoms with Crippen LogP contribution in [0.1, 0.15) is 65.4 Å². The number of imidazole rings is 1. The van der Waals surface area contributed by atoms with E-state index in [1.165, 1.54) is 0 Å². The molecule has 0 bridgehead atoms. The Kier molecular flexibility index (Phi) is 7.84. The van der Waals surface area contributed by atoms with Crippen LogP contribution in [-0.4, -0.2) is 14.1 Å². The summed E-state index contributed by atoms with van der Waals surface area (Å²) in [5.41, 5.74) is 5.61. The van der Waals surface area contributed by atoms with Crippen LogP contribution in [0.15, 0.2) is 170 Å². The maximum atomic E-state index is 9.05. The van der Waals surface area contributed by atoms with Gasteiger partial charge in [0.2, 0.25) is 0 Å². The zero-order chi connectivity index (χ0) is 49.7. The predicted octanol–water partition coefficient (Wildman–Crippen LogP) is 13.3. The zero-order valence-corrected chi connectivity index (χ0v) is 36.3. The Morgan fingerprint density at radius 2 is 1.36 bits per heavy atom. The Balaban J connectivity index is 0.00000624. The van der Waals surface area contributed by atoms with E-state index in [0.29, 0.717) is 28.2 Å². The first-order valence-electron chi connectivity index (χ1n) is 24.8. The van der Waals surface area contributed by atoms with Gasteiger partial charge in [0, 0.05) is 44.3 Å². The van der Waals surface area contributed by atoms with E-state index in [9.17, 15) is 0 Å². The molecule has 5 nitrogen and oxygen atoms in total. The second kappa shape index (κ2) is 16.1. The summed E-state index contributed by atoms with van der Waals surface area (Å²) in [5, 5.41) is 2.03. The number of ether oxygens (including phenoxy) is 1. The minimum atomic E-state index is -0.570. The predicted molar refractivity (Wildman–Crippen MR) is 244 cm³/mol. The van der Waals surface area contributed by atoms with Gasteiger partial charge in [0.25, 0.3) is 6.33 Å². The molecule has 0 aliphatic carbocycles. The SMILES string of the molecule is [2H]c1c([2H])c([2H])c(-c2cccc(-c3c([2H])c([2H])c([2H])c([2H])c3[2H])c2-[n+]2[c-]n(-c3[c-]c(Oc4[c-]c5c(cc4)c4ccccc4n5-c4cc(C(C)(C)C)ccn4)cc(C(C)C)c3)c3ccccc32)c([2H])c1[2H].[Pt]. The van der Waals surface area contributed by atoms with Crippen molar-refractivity contribution in [3.8, 4) is 50.9 Å². The fourth-order valence-corrected chi connectivity index (χ4v) is 7.72. The monoisotopic (exact) mass is 981 g/mol. The summed E-state index contributed by atoms with van der Waals surface area (Å²) >= 11 is 0. The van der Waals surface area contributed by atoms with E-state index in [4.69, 9.17) is 23.4 Å². The third kappa shape index (κ3) is 7.38. The first-order chi connectivity index (χ1) is 33.3. The van der Waals surface area contributed by atoms with E-state index in [0.717, 1.165) is 38.8 Å². The molecular weight excluding hydrogens is 928 g/mol. The molecule has 7 aromatic carbocycles. The molecule has 0 spiro atoms. The number of fused-ring (bicyclic) bond motifs is 4. The number of hydrogen-bond donors (Lipinski definition) is 0. The van der Waals surface area contributed by atoms with Gasteiger partial charge >= 0.3 is 0 Å². The van der Waals surface area contributed by atoms with Gasteiger partial charge in [0.15, 0.2) is 0 Å². The van der Waals surface area contributed by atoms with Crippen molar-refractivity contribution in [1.82, 2.24) is 14.1 Å². The number of rotatable bonds is 8. The van der Waals surface area contributed by atoms with Crippen molar-refractivity contribution in [1.29, 1.82) is 0 Å². The van der Waals surface area contributed by atoms with Crippen LogP contribution >= 0.6 is 0 Å². The van der Waals surface area contributed by atoms with Crippen LogP contribution in [-0.2, 0) is 26.5 Å². The van der Waals surface area contributed by atoms with Crippen LogP contribution in [0, 0.1) is 18.5 Å². The molecule has 0 aliphatic heterocycles. The Labute approximate surface area is 385 Å². The van der Waals surface area contributed by atoms with Crippen molar-refractivity contribution >= 4 is 32.8 Å². The van der Waals surface area contributed by atoms with E-state index < -0.39 is 60.4 Å². The van der Waals surface area contributed by atoms with Crippen molar-refractivity contribution < 1.29 is 44.1 Å². The Bertz CT molecular complexity index is 3660. The average Bonchev–Trinajstić information content (AvgIpc) is 3.89. The van der Waals surface area contributed by atoms with Crippen LogP contribution in [0.4, 0.5) is 0 Å². The minimum Gasteiger partial charge on any atom is -0.510 e. The van der Waals surface area contributed by atoms with E-state index in [1.54, 1.807) is 27.3 Å². The molecule has 61 heavy (non-hydrogen) atoms. The van der Waals surface area contributed by atoms with Gasteiger partial charge in [-0.15, -0.1) is 29.7 Å². The minimum absolute atomic E-state index is 0. The van der Waals surface area contributed by atoms with Gasteiger partial charge in [-0.3, -0.25) is 4.57 Å². The van der Waals surface area contributed by atoms with Crippen molar-refractivity contribution in [2.75, 3.05) is 0 Å². The van der Waals surface area contributed by atoms with Gasteiger partial charge < -0.3 is 13.9 Å². The van der Waals surface area contributed by atoms with Gasteiger partial charge in [-0.1, -0.05) is 161 Å². The third-order valence-electron chi connectivity index (χ3n) is 10.7. The molecule has 3 aromatic heterocycles. The van der Waals surface area contributed by atoms with E-state index in [1.807, 2.05) is 72.9 Å². The fraction of sp³-hybridized carbons (Fsp3) is 0.127. The molecule has 0 saturated carbocycles. The Morgan fingerprint density at radius 3 is 2.05 bits per heavy atom. The van der Waals surface area contributed by atoms with E-state index in [2.05, 4.69) is 75.8 Å². The molecule has 0 aliphatic rings. The summed E-state index contributed by atoms with van der Waals surface area (Å²) in [6.45, 7) is 10.7. The van der Waals surface area contributed by atoms with E-state index >= 15 is 0 Å². The molecule has 0 atom stereocenters. The normalized spacial score (nSPS) is 14.0. The van der Waals surface area contributed by atoms with Crippen molar-refractivity contribution in [3.63, 3.8) is 0 Å². The number of benzene rings is 7.